The van der Waals surface area contributed by atoms with Crippen LogP contribution in [0.5, 0.6) is 0 Å². The van der Waals surface area contributed by atoms with Crippen molar-refractivity contribution in [2.75, 3.05) is 5.32 Å². The van der Waals surface area contributed by atoms with Gasteiger partial charge in [-0.25, -0.2) is 19.3 Å². The first-order valence-corrected chi connectivity index (χ1v) is 9.74. The lowest BCUT2D eigenvalue weighted by Gasteiger charge is -2.20. The zero-order valence-corrected chi connectivity index (χ0v) is 16.8. The molecule has 158 valence electrons. The van der Waals surface area contributed by atoms with Gasteiger partial charge in [-0.15, -0.1) is 0 Å². The Morgan fingerprint density at radius 2 is 2.03 bits per heavy atom. The van der Waals surface area contributed by atoms with Gasteiger partial charge in [0.25, 0.3) is 5.56 Å². The monoisotopic (exact) mass is 429 g/mol. The molecule has 10 heteroatoms. The number of aromatic nitrogens is 6. The second-order valence-electron chi connectivity index (χ2n) is 7.14. The Labute approximate surface area is 179 Å². The molecule has 4 heterocycles. The Morgan fingerprint density at radius 1 is 1.16 bits per heavy atom. The van der Waals surface area contributed by atoms with Gasteiger partial charge in [-0.1, -0.05) is 0 Å². The molecule has 0 aliphatic carbocycles. The molecule has 9 nitrogen and oxygen atoms in total. The summed E-state index contributed by atoms with van der Waals surface area (Å²) in [6.07, 6.45) is 5.95. The van der Waals surface area contributed by atoms with E-state index < -0.39 is 17.4 Å². The molecule has 0 spiro atoms. The number of H-pyrrole nitrogens is 1. The molecule has 4 aromatic heterocycles. The van der Waals surface area contributed by atoms with E-state index in [1.165, 1.54) is 41.5 Å². The SMILES string of the molecule is C[C@H](Nc1ncnc2[nH]ccc(=O)c12)c1nc2ccc(F)cc2c(=O)n1-c1cccnc1. The van der Waals surface area contributed by atoms with Gasteiger partial charge in [-0.2, -0.15) is 0 Å². The van der Waals surface area contributed by atoms with Gasteiger partial charge in [0.2, 0.25) is 0 Å². The summed E-state index contributed by atoms with van der Waals surface area (Å²) in [5.74, 6) is 0.122. The number of fused-ring (bicyclic) bond motifs is 2. The van der Waals surface area contributed by atoms with E-state index in [-0.39, 0.29) is 10.8 Å². The number of anilines is 1. The number of nitrogens with zero attached hydrogens (tertiary/aromatic N) is 5. The molecular formula is C22H16FN7O2. The first kappa shape index (κ1) is 19.5. The largest absolute Gasteiger partial charge is 0.360 e. The molecule has 2 N–H and O–H groups in total. The summed E-state index contributed by atoms with van der Waals surface area (Å²) in [7, 11) is 0. The summed E-state index contributed by atoms with van der Waals surface area (Å²) in [6, 6.07) is 8.10. The maximum absolute atomic E-state index is 13.8. The average Bonchev–Trinajstić information content (AvgIpc) is 2.80. The van der Waals surface area contributed by atoms with Crippen molar-refractivity contribution < 1.29 is 4.39 Å². The molecule has 1 atom stereocenters. The lowest BCUT2D eigenvalue weighted by molar-refractivity contribution is 0.629. The fraction of sp³-hybridized carbons (Fsp3) is 0.0909. The quantitative estimate of drug-likeness (QED) is 0.451. The van der Waals surface area contributed by atoms with Crippen molar-refractivity contribution in [1.82, 2.24) is 29.5 Å². The van der Waals surface area contributed by atoms with Crippen molar-refractivity contribution in [3.05, 3.63) is 93.5 Å². The molecule has 0 unspecified atom stereocenters. The highest BCUT2D eigenvalue weighted by Crippen LogP contribution is 2.23. The van der Waals surface area contributed by atoms with Gasteiger partial charge >= 0.3 is 0 Å². The van der Waals surface area contributed by atoms with E-state index in [4.69, 9.17) is 0 Å². The Morgan fingerprint density at radius 3 is 2.84 bits per heavy atom. The molecule has 0 amide bonds. The van der Waals surface area contributed by atoms with Crippen LogP contribution in [0.1, 0.15) is 18.8 Å². The average molecular weight is 429 g/mol. The van der Waals surface area contributed by atoms with Crippen LogP contribution in [0.4, 0.5) is 10.2 Å². The smallest absolute Gasteiger partial charge is 0.266 e. The van der Waals surface area contributed by atoms with Crippen molar-refractivity contribution in [1.29, 1.82) is 0 Å². The first-order valence-electron chi connectivity index (χ1n) is 9.74. The Hall–Kier alpha value is -4.47. The topological polar surface area (TPSA) is 118 Å². The minimum atomic E-state index is -0.560. The van der Waals surface area contributed by atoms with Crippen LogP contribution in [-0.2, 0) is 0 Å². The van der Waals surface area contributed by atoms with E-state index in [0.29, 0.717) is 33.9 Å². The summed E-state index contributed by atoms with van der Waals surface area (Å²) < 4.78 is 15.2. The summed E-state index contributed by atoms with van der Waals surface area (Å²) in [4.78, 5) is 45.7. The van der Waals surface area contributed by atoms with Crippen LogP contribution in [0.25, 0.3) is 27.6 Å². The van der Waals surface area contributed by atoms with Gasteiger partial charge in [-0.05, 0) is 37.3 Å². The molecule has 0 aliphatic heterocycles. The zero-order valence-electron chi connectivity index (χ0n) is 16.8. The Bertz CT molecular complexity index is 1580. The molecule has 0 aliphatic rings. The summed E-state index contributed by atoms with van der Waals surface area (Å²) in [5.41, 5.74) is 0.529. The Kier molecular flexibility index (Phi) is 4.66. The van der Waals surface area contributed by atoms with Crippen molar-refractivity contribution in [3.8, 4) is 5.69 Å². The fourth-order valence-electron chi connectivity index (χ4n) is 3.59. The number of rotatable bonds is 4. The number of pyridine rings is 2. The van der Waals surface area contributed by atoms with E-state index >= 15 is 0 Å². The van der Waals surface area contributed by atoms with Crippen LogP contribution in [-0.4, -0.2) is 29.5 Å². The Balaban J connectivity index is 1.71. The lowest BCUT2D eigenvalue weighted by Crippen LogP contribution is -2.27. The van der Waals surface area contributed by atoms with E-state index in [0.717, 1.165) is 6.07 Å². The van der Waals surface area contributed by atoms with E-state index in [1.54, 1.807) is 25.3 Å². The normalized spacial score (nSPS) is 12.2. The lowest BCUT2D eigenvalue weighted by atomic mass is 10.2. The molecule has 0 radical (unpaired) electrons. The van der Waals surface area contributed by atoms with Crippen molar-refractivity contribution in [2.24, 2.45) is 0 Å². The predicted molar refractivity (Wildman–Crippen MR) is 117 cm³/mol. The zero-order chi connectivity index (χ0) is 22.2. The number of hydrogen-bond donors (Lipinski definition) is 2. The standard InChI is InChI=1S/C22H16FN7O2/c1-12(28-20-18-17(31)6-8-25-19(18)26-11-27-20)21-29-16-5-4-13(23)9-15(16)22(32)30(21)14-3-2-7-24-10-14/h2-12H,1H3,(H2,25,26,27,28,31)/t12-/m0/s1. The highest BCUT2D eigenvalue weighted by molar-refractivity contribution is 5.86. The number of hydrogen-bond acceptors (Lipinski definition) is 7. The fourth-order valence-corrected chi connectivity index (χ4v) is 3.59. The number of aromatic amines is 1. The predicted octanol–water partition coefficient (Wildman–Crippen LogP) is 2.72. The summed E-state index contributed by atoms with van der Waals surface area (Å²) >= 11 is 0. The summed E-state index contributed by atoms with van der Waals surface area (Å²) in [5, 5.41) is 3.61. The van der Waals surface area contributed by atoms with Gasteiger partial charge in [0.15, 0.2) is 5.43 Å². The second-order valence-corrected chi connectivity index (χ2v) is 7.14. The van der Waals surface area contributed by atoms with Gasteiger partial charge in [0.1, 0.15) is 34.8 Å². The van der Waals surface area contributed by atoms with Gasteiger partial charge in [0, 0.05) is 18.5 Å². The number of halogens is 1. The summed E-state index contributed by atoms with van der Waals surface area (Å²) in [6.45, 7) is 1.79. The minimum absolute atomic E-state index is 0.147. The van der Waals surface area contributed by atoms with Crippen molar-refractivity contribution in [2.45, 2.75) is 13.0 Å². The van der Waals surface area contributed by atoms with Crippen molar-refractivity contribution >= 4 is 27.8 Å². The third-order valence-corrected chi connectivity index (χ3v) is 5.05. The van der Waals surface area contributed by atoms with E-state index in [9.17, 15) is 14.0 Å². The highest BCUT2D eigenvalue weighted by atomic mass is 19.1. The van der Waals surface area contributed by atoms with Crippen LogP contribution in [0.2, 0.25) is 0 Å². The van der Waals surface area contributed by atoms with Gasteiger partial charge in [-0.3, -0.25) is 19.1 Å². The molecule has 0 saturated heterocycles. The van der Waals surface area contributed by atoms with Crippen LogP contribution < -0.4 is 16.3 Å². The van der Waals surface area contributed by atoms with Crippen LogP contribution in [0.3, 0.4) is 0 Å². The van der Waals surface area contributed by atoms with Crippen LogP contribution in [0.15, 0.2) is 70.9 Å². The number of nitrogens with one attached hydrogen (secondary N) is 2. The highest BCUT2D eigenvalue weighted by Gasteiger charge is 2.20. The third-order valence-electron chi connectivity index (χ3n) is 5.05. The van der Waals surface area contributed by atoms with Gasteiger partial charge < -0.3 is 10.3 Å². The van der Waals surface area contributed by atoms with Crippen LogP contribution >= 0.6 is 0 Å². The maximum atomic E-state index is 13.8. The molecule has 5 rings (SSSR count). The van der Waals surface area contributed by atoms with Crippen LogP contribution in [0, 0.1) is 5.82 Å². The number of benzene rings is 1. The second kappa shape index (κ2) is 7.65. The first-order chi connectivity index (χ1) is 15.5. The molecule has 1 aromatic carbocycles. The van der Waals surface area contributed by atoms with E-state index in [2.05, 4.69) is 30.2 Å². The maximum Gasteiger partial charge on any atom is 0.266 e. The molecule has 32 heavy (non-hydrogen) atoms. The van der Waals surface area contributed by atoms with Crippen molar-refractivity contribution in [3.63, 3.8) is 0 Å². The van der Waals surface area contributed by atoms with Gasteiger partial charge in [0.05, 0.1) is 28.8 Å². The molecular weight excluding hydrogens is 413 g/mol. The van der Waals surface area contributed by atoms with E-state index in [1.807, 2.05) is 0 Å². The molecule has 5 aromatic rings. The minimum Gasteiger partial charge on any atom is -0.360 e. The molecule has 0 bridgehead atoms. The third kappa shape index (κ3) is 3.27. The molecule has 0 saturated carbocycles. The molecule has 0 fully saturated rings.